The molecule has 0 aliphatic heterocycles. The zero-order chi connectivity index (χ0) is 22.3. The summed E-state index contributed by atoms with van der Waals surface area (Å²) >= 11 is 0. The van der Waals surface area contributed by atoms with Gasteiger partial charge in [0.25, 0.3) is 0 Å². The van der Waals surface area contributed by atoms with E-state index in [1.807, 2.05) is 66.7 Å². The van der Waals surface area contributed by atoms with Crippen molar-refractivity contribution in [3.05, 3.63) is 90.0 Å². The molecule has 31 heavy (non-hydrogen) atoms. The number of carbonyl (C=O) groups excluding carboxylic acids is 1. The maximum Gasteiger partial charge on any atom is 0.319 e. The molecule has 0 fully saturated rings. The van der Waals surface area contributed by atoms with E-state index in [2.05, 4.69) is 15.4 Å². The lowest BCUT2D eigenvalue weighted by molar-refractivity contribution is 0.251. The summed E-state index contributed by atoms with van der Waals surface area (Å²) in [5.74, 6) is -0.0711. The Bertz CT molecular complexity index is 1100. The molecule has 162 valence electrons. The highest BCUT2D eigenvalue weighted by Gasteiger charge is 2.12. The van der Waals surface area contributed by atoms with Crippen molar-refractivity contribution in [2.45, 2.75) is 32.2 Å². The quantitative estimate of drug-likeness (QED) is 0.485. The number of rotatable bonds is 8. The van der Waals surface area contributed by atoms with E-state index in [0.29, 0.717) is 17.8 Å². The second kappa shape index (κ2) is 10.2. The average molecular weight is 438 g/mol. The van der Waals surface area contributed by atoms with Crippen molar-refractivity contribution in [1.29, 1.82) is 0 Å². The molecule has 0 radical (unpaired) electrons. The summed E-state index contributed by atoms with van der Waals surface area (Å²) in [7, 11) is -3.36. The van der Waals surface area contributed by atoms with Crippen LogP contribution in [0.2, 0.25) is 0 Å². The summed E-state index contributed by atoms with van der Waals surface area (Å²) < 4.78 is 26.6. The smallest absolute Gasteiger partial charge is 0.319 e. The van der Waals surface area contributed by atoms with Crippen LogP contribution in [-0.4, -0.2) is 20.5 Å². The predicted octanol–water partition coefficient (Wildman–Crippen LogP) is 4.50. The van der Waals surface area contributed by atoms with Crippen LogP contribution in [0.1, 0.15) is 25.0 Å². The van der Waals surface area contributed by atoms with Gasteiger partial charge in [-0.1, -0.05) is 66.7 Å². The topological polar surface area (TPSA) is 87.3 Å². The normalized spacial score (nSPS) is 11.3. The van der Waals surface area contributed by atoms with Gasteiger partial charge in [-0.3, -0.25) is 0 Å². The molecule has 6 nitrogen and oxygen atoms in total. The van der Waals surface area contributed by atoms with Crippen molar-refractivity contribution in [3.8, 4) is 11.1 Å². The average Bonchev–Trinajstić information content (AvgIpc) is 2.73. The first-order chi connectivity index (χ1) is 14.8. The first-order valence-corrected chi connectivity index (χ1v) is 11.7. The van der Waals surface area contributed by atoms with Crippen molar-refractivity contribution >= 4 is 21.7 Å². The highest BCUT2D eigenvalue weighted by atomic mass is 32.2. The van der Waals surface area contributed by atoms with Gasteiger partial charge in [0, 0.05) is 18.3 Å². The molecule has 0 aromatic heterocycles. The van der Waals surface area contributed by atoms with Gasteiger partial charge in [0.15, 0.2) is 0 Å². The van der Waals surface area contributed by atoms with E-state index in [4.69, 9.17) is 0 Å². The number of benzene rings is 3. The third kappa shape index (κ3) is 7.24. The second-order valence-electron chi connectivity index (χ2n) is 7.60. The van der Waals surface area contributed by atoms with Crippen LogP contribution < -0.4 is 15.4 Å². The van der Waals surface area contributed by atoms with Gasteiger partial charge in [-0.05, 0) is 48.2 Å². The molecule has 0 heterocycles. The minimum absolute atomic E-state index is 0.0711. The zero-order valence-electron chi connectivity index (χ0n) is 17.6. The van der Waals surface area contributed by atoms with E-state index >= 15 is 0 Å². The van der Waals surface area contributed by atoms with Crippen molar-refractivity contribution in [2.24, 2.45) is 0 Å². The number of amides is 2. The van der Waals surface area contributed by atoms with Gasteiger partial charge in [-0.2, -0.15) is 0 Å². The molecule has 0 aliphatic carbocycles. The highest BCUT2D eigenvalue weighted by molar-refractivity contribution is 7.88. The number of sulfonamides is 1. The van der Waals surface area contributed by atoms with Crippen LogP contribution in [0.3, 0.4) is 0 Å². The molecule has 0 bridgehead atoms. The summed E-state index contributed by atoms with van der Waals surface area (Å²) in [4.78, 5) is 12.2. The van der Waals surface area contributed by atoms with Crippen LogP contribution in [0.25, 0.3) is 11.1 Å². The molecular formula is C24H27N3O3S. The van der Waals surface area contributed by atoms with Gasteiger partial charge in [-0.25, -0.2) is 17.9 Å². The molecule has 7 heteroatoms. The predicted molar refractivity (Wildman–Crippen MR) is 125 cm³/mol. The number of hydrogen-bond donors (Lipinski definition) is 3. The summed E-state index contributed by atoms with van der Waals surface area (Å²) in [6.07, 6.45) is 0. The number of carbonyl (C=O) groups is 1. The van der Waals surface area contributed by atoms with Gasteiger partial charge < -0.3 is 10.6 Å². The maximum atomic E-state index is 12.2. The molecule has 0 unspecified atom stereocenters. The van der Waals surface area contributed by atoms with Crippen molar-refractivity contribution < 1.29 is 13.2 Å². The van der Waals surface area contributed by atoms with Crippen LogP contribution in [-0.2, 0) is 22.3 Å². The Morgan fingerprint density at radius 3 is 2.00 bits per heavy atom. The largest absolute Gasteiger partial charge is 0.334 e. The molecule has 3 rings (SSSR count). The molecule has 2 amide bonds. The summed E-state index contributed by atoms with van der Waals surface area (Å²) in [6, 6.07) is 24.4. The third-order valence-corrected chi connectivity index (χ3v) is 6.04. The Kier molecular flexibility index (Phi) is 7.44. The molecule has 0 atom stereocenters. The fourth-order valence-electron chi connectivity index (χ4n) is 3.11. The van der Waals surface area contributed by atoms with E-state index in [1.54, 1.807) is 26.0 Å². The van der Waals surface area contributed by atoms with Gasteiger partial charge >= 0.3 is 6.03 Å². The first kappa shape index (κ1) is 22.5. The Hall–Kier alpha value is -3.16. The molecule has 3 aromatic carbocycles. The Labute approximate surface area is 183 Å². The van der Waals surface area contributed by atoms with Crippen LogP contribution >= 0.6 is 0 Å². The van der Waals surface area contributed by atoms with E-state index in [0.717, 1.165) is 16.7 Å². The molecule has 0 saturated carbocycles. The minimum Gasteiger partial charge on any atom is -0.334 e. The Morgan fingerprint density at radius 1 is 0.806 bits per heavy atom. The lowest BCUT2D eigenvalue weighted by Crippen LogP contribution is -2.31. The molecular weight excluding hydrogens is 410 g/mol. The summed E-state index contributed by atoms with van der Waals surface area (Å²) in [5, 5.41) is 5.62. The molecule has 3 N–H and O–H groups in total. The minimum atomic E-state index is -3.36. The van der Waals surface area contributed by atoms with Crippen LogP contribution in [0.5, 0.6) is 0 Å². The monoisotopic (exact) mass is 437 g/mol. The van der Waals surface area contributed by atoms with E-state index in [9.17, 15) is 13.2 Å². The molecule has 0 aliphatic rings. The lowest BCUT2D eigenvalue weighted by atomic mass is 10.1. The summed E-state index contributed by atoms with van der Waals surface area (Å²) in [5.41, 5.74) is 4.48. The lowest BCUT2D eigenvalue weighted by Gasteiger charge is -2.11. The molecule has 3 aromatic rings. The summed E-state index contributed by atoms with van der Waals surface area (Å²) in [6.45, 7) is 3.91. The van der Waals surface area contributed by atoms with Gasteiger partial charge in [-0.15, -0.1) is 0 Å². The van der Waals surface area contributed by atoms with Crippen molar-refractivity contribution in [1.82, 2.24) is 10.0 Å². The standard InChI is InChI=1S/C24H27N3O3S/c1-18(2)27-31(29,30)17-20-10-8-19(9-11-20)16-25-24(28)26-23-14-12-22(13-15-23)21-6-4-3-5-7-21/h3-15,18,27H,16-17H2,1-2H3,(H2,25,26,28). The van der Waals surface area contributed by atoms with Crippen molar-refractivity contribution in [3.63, 3.8) is 0 Å². The number of nitrogens with one attached hydrogen (secondary N) is 3. The van der Waals surface area contributed by atoms with Crippen LogP contribution in [0.15, 0.2) is 78.9 Å². The molecule has 0 saturated heterocycles. The molecule has 0 spiro atoms. The van der Waals surface area contributed by atoms with E-state index < -0.39 is 10.0 Å². The maximum absolute atomic E-state index is 12.2. The van der Waals surface area contributed by atoms with Gasteiger partial charge in [0.2, 0.25) is 10.0 Å². The van der Waals surface area contributed by atoms with Crippen molar-refractivity contribution in [2.75, 3.05) is 5.32 Å². The Balaban J connectivity index is 1.49. The first-order valence-electron chi connectivity index (χ1n) is 10.1. The van der Waals surface area contributed by atoms with E-state index in [1.165, 1.54) is 0 Å². The highest BCUT2D eigenvalue weighted by Crippen LogP contribution is 2.21. The second-order valence-corrected chi connectivity index (χ2v) is 9.35. The zero-order valence-corrected chi connectivity index (χ0v) is 18.4. The number of urea groups is 1. The van der Waals surface area contributed by atoms with Crippen LogP contribution in [0, 0.1) is 0 Å². The SMILES string of the molecule is CC(C)NS(=O)(=O)Cc1ccc(CNC(=O)Nc2ccc(-c3ccccc3)cc2)cc1. The Morgan fingerprint density at radius 2 is 1.39 bits per heavy atom. The van der Waals surface area contributed by atoms with E-state index in [-0.39, 0.29) is 17.8 Å². The number of hydrogen-bond acceptors (Lipinski definition) is 3. The number of anilines is 1. The van der Waals surface area contributed by atoms with Gasteiger partial charge in [0.05, 0.1) is 5.75 Å². The van der Waals surface area contributed by atoms with Gasteiger partial charge in [0.1, 0.15) is 0 Å². The fraction of sp³-hybridized carbons (Fsp3) is 0.208. The van der Waals surface area contributed by atoms with Crippen LogP contribution in [0.4, 0.5) is 10.5 Å². The fourth-order valence-corrected chi connectivity index (χ4v) is 4.54. The third-order valence-electron chi connectivity index (χ3n) is 4.50.